The summed E-state index contributed by atoms with van der Waals surface area (Å²) in [6.07, 6.45) is 2.48. The highest BCUT2D eigenvalue weighted by molar-refractivity contribution is 9.10. The van der Waals surface area contributed by atoms with E-state index in [0.717, 1.165) is 0 Å². The number of halogens is 2. The molecule has 2 rings (SSSR count). The molecule has 0 radical (unpaired) electrons. The number of nitrogens with one attached hydrogen (secondary N) is 1. The molecule has 0 atom stereocenters. The molecule has 2 heterocycles. The van der Waals surface area contributed by atoms with Gasteiger partial charge in [0, 0.05) is 18.0 Å². The van der Waals surface area contributed by atoms with Gasteiger partial charge < -0.3 is 9.72 Å². The first-order chi connectivity index (χ1) is 9.83. The van der Waals surface area contributed by atoms with Crippen molar-refractivity contribution >= 4 is 37.4 Å². The predicted octanol–water partition coefficient (Wildman–Crippen LogP) is 2.17. The van der Waals surface area contributed by atoms with E-state index in [-0.39, 0.29) is 21.4 Å². The molecule has 0 unspecified atom stereocenters. The molecule has 21 heavy (non-hydrogen) atoms. The average Bonchev–Trinajstić information content (AvgIpc) is 2.42. The minimum absolute atomic E-state index is 0.0189. The Morgan fingerprint density at radius 3 is 2.76 bits per heavy atom. The van der Waals surface area contributed by atoms with E-state index in [0.29, 0.717) is 4.47 Å². The van der Waals surface area contributed by atoms with Gasteiger partial charge in [0.05, 0.1) is 27.3 Å². The standard InChI is InChI=1S/C12H10BrClN2O4S/c1-20-12-10(13)3-9(5-16-12)21(18,19)6-7-2-8(14)4-15-11(7)17/h2-5H,6H2,1H3,(H,15,17). The fourth-order valence-electron chi connectivity index (χ4n) is 1.62. The zero-order chi connectivity index (χ0) is 15.6. The SMILES string of the molecule is COc1ncc(S(=O)(=O)Cc2cc(Cl)c[nH]c2=O)cc1Br. The van der Waals surface area contributed by atoms with Crippen LogP contribution in [-0.4, -0.2) is 25.5 Å². The van der Waals surface area contributed by atoms with E-state index in [1.165, 1.54) is 31.6 Å². The molecule has 2 aromatic heterocycles. The van der Waals surface area contributed by atoms with Gasteiger partial charge in [-0.15, -0.1) is 0 Å². The number of H-pyrrole nitrogens is 1. The van der Waals surface area contributed by atoms with Gasteiger partial charge in [-0.05, 0) is 28.1 Å². The highest BCUT2D eigenvalue weighted by Gasteiger charge is 2.19. The zero-order valence-electron chi connectivity index (χ0n) is 10.8. The van der Waals surface area contributed by atoms with Gasteiger partial charge in [0.15, 0.2) is 9.84 Å². The fourth-order valence-corrected chi connectivity index (χ4v) is 3.77. The molecule has 0 spiro atoms. The highest BCUT2D eigenvalue weighted by Crippen LogP contribution is 2.26. The molecular weight excluding hydrogens is 384 g/mol. The van der Waals surface area contributed by atoms with E-state index in [4.69, 9.17) is 16.3 Å². The van der Waals surface area contributed by atoms with Gasteiger partial charge in [-0.1, -0.05) is 11.6 Å². The lowest BCUT2D eigenvalue weighted by Crippen LogP contribution is -2.16. The normalized spacial score (nSPS) is 11.4. The number of pyridine rings is 2. The number of aromatic nitrogens is 2. The lowest BCUT2D eigenvalue weighted by molar-refractivity contribution is 0.394. The summed E-state index contributed by atoms with van der Waals surface area (Å²) in [6, 6.07) is 2.70. The summed E-state index contributed by atoms with van der Waals surface area (Å²) in [7, 11) is -2.30. The number of nitrogens with zero attached hydrogens (tertiary/aromatic N) is 1. The molecule has 2 aromatic rings. The summed E-state index contributed by atoms with van der Waals surface area (Å²) in [4.78, 5) is 17.9. The number of ether oxygens (including phenoxy) is 1. The van der Waals surface area contributed by atoms with Crippen LogP contribution in [0.1, 0.15) is 5.56 Å². The number of aromatic amines is 1. The second-order valence-electron chi connectivity index (χ2n) is 4.09. The Kier molecular flexibility index (Phi) is 4.70. The van der Waals surface area contributed by atoms with Crippen LogP contribution < -0.4 is 10.3 Å². The Morgan fingerprint density at radius 2 is 2.14 bits per heavy atom. The molecule has 0 saturated heterocycles. The molecule has 0 saturated carbocycles. The van der Waals surface area contributed by atoms with Crippen molar-refractivity contribution in [3.8, 4) is 5.88 Å². The van der Waals surface area contributed by atoms with Crippen molar-refractivity contribution in [2.45, 2.75) is 10.6 Å². The van der Waals surface area contributed by atoms with Gasteiger partial charge >= 0.3 is 0 Å². The summed E-state index contributed by atoms with van der Waals surface area (Å²) < 4.78 is 30.0. The van der Waals surface area contributed by atoms with Crippen molar-refractivity contribution in [1.82, 2.24) is 9.97 Å². The Hall–Kier alpha value is -1.38. The Labute approximate surface area is 134 Å². The van der Waals surface area contributed by atoms with Crippen LogP contribution in [0.3, 0.4) is 0 Å². The van der Waals surface area contributed by atoms with E-state index in [1.807, 2.05) is 0 Å². The van der Waals surface area contributed by atoms with Crippen LogP contribution in [0.15, 0.2) is 38.7 Å². The smallest absolute Gasteiger partial charge is 0.252 e. The van der Waals surface area contributed by atoms with Crippen molar-refractivity contribution < 1.29 is 13.2 Å². The third kappa shape index (κ3) is 3.63. The zero-order valence-corrected chi connectivity index (χ0v) is 13.9. The van der Waals surface area contributed by atoms with Gasteiger partial charge in [0.2, 0.25) is 5.88 Å². The Bertz CT molecular complexity index is 835. The Balaban J connectivity index is 2.41. The van der Waals surface area contributed by atoms with E-state index in [2.05, 4.69) is 25.9 Å². The predicted molar refractivity (Wildman–Crippen MR) is 81.5 cm³/mol. The Morgan fingerprint density at radius 1 is 1.43 bits per heavy atom. The van der Waals surface area contributed by atoms with Crippen LogP contribution in [0, 0.1) is 0 Å². The molecule has 0 aliphatic carbocycles. The lowest BCUT2D eigenvalue weighted by Gasteiger charge is -2.07. The summed E-state index contributed by atoms with van der Waals surface area (Å²) in [5.74, 6) is -0.196. The third-order valence-corrected chi connectivity index (χ3v) is 5.04. The number of methoxy groups -OCH3 is 1. The maximum absolute atomic E-state index is 12.3. The van der Waals surface area contributed by atoms with Crippen LogP contribution in [0.5, 0.6) is 5.88 Å². The molecule has 0 aliphatic heterocycles. The molecule has 6 nitrogen and oxygen atoms in total. The fraction of sp³-hybridized carbons (Fsp3) is 0.167. The van der Waals surface area contributed by atoms with Gasteiger partial charge in [-0.2, -0.15) is 0 Å². The molecule has 1 N–H and O–H groups in total. The topological polar surface area (TPSA) is 89.1 Å². The number of rotatable bonds is 4. The molecule has 9 heteroatoms. The van der Waals surface area contributed by atoms with Crippen LogP contribution in [-0.2, 0) is 15.6 Å². The maximum atomic E-state index is 12.3. The van der Waals surface area contributed by atoms with E-state index >= 15 is 0 Å². The van der Waals surface area contributed by atoms with Crippen molar-refractivity contribution in [1.29, 1.82) is 0 Å². The highest BCUT2D eigenvalue weighted by atomic mass is 79.9. The van der Waals surface area contributed by atoms with Crippen LogP contribution in [0.4, 0.5) is 0 Å². The molecular formula is C12H10BrClN2O4S. The summed E-state index contributed by atoms with van der Waals surface area (Å²) in [6.45, 7) is 0. The molecule has 0 amide bonds. The van der Waals surface area contributed by atoms with Gasteiger partial charge in [0.25, 0.3) is 5.56 Å². The first-order valence-electron chi connectivity index (χ1n) is 5.63. The lowest BCUT2D eigenvalue weighted by atomic mass is 10.3. The summed E-state index contributed by atoms with van der Waals surface area (Å²) in [5.41, 5.74) is -0.432. The number of sulfone groups is 1. The summed E-state index contributed by atoms with van der Waals surface area (Å²) >= 11 is 8.93. The van der Waals surface area contributed by atoms with Gasteiger partial charge in [-0.3, -0.25) is 4.79 Å². The maximum Gasteiger partial charge on any atom is 0.252 e. The van der Waals surface area contributed by atoms with Crippen LogP contribution >= 0.6 is 27.5 Å². The minimum Gasteiger partial charge on any atom is -0.480 e. The van der Waals surface area contributed by atoms with Crippen molar-refractivity contribution in [2.24, 2.45) is 0 Å². The van der Waals surface area contributed by atoms with Gasteiger partial charge in [0.1, 0.15) is 0 Å². The molecule has 112 valence electrons. The van der Waals surface area contributed by atoms with Crippen molar-refractivity contribution in [3.05, 3.63) is 49.9 Å². The van der Waals surface area contributed by atoms with Crippen LogP contribution in [0.25, 0.3) is 0 Å². The number of hydrogen-bond donors (Lipinski definition) is 1. The van der Waals surface area contributed by atoms with E-state index < -0.39 is 21.1 Å². The quantitative estimate of drug-likeness (QED) is 0.860. The summed E-state index contributed by atoms with van der Waals surface area (Å²) in [5, 5.41) is 0.258. The molecule has 0 aromatic carbocycles. The molecule has 0 aliphatic rings. The van der Waals surface area contributed by atoms with Crippen LogP contribution in [0.2, 0.25) is 5.02 Å². The second-order valence-corrected chi connectivity index (χ2v) is 7.37. The largest absolute Gasteiger partial charge is 0.480 e. The van der Waals surface area contributed by atoms with Crippen molar-refractivity contribution in [3.63, 3.8) is 0 Å². The average molecular weight is 394 g/mol. The molecule has 0 bridgehead atoms. The molecule has 0 fully saturated rings. The van der Waals surface area contributed by atoms with E-state index in [1.54, 1.807) is 0 Å². The third-order valence-electron chi connectivity index (χ3n) is 2.63. The first kappa shape index (κ1) is 16.0. The van der Waals surface area contributed by atoms with E-state index in [9.17, 15) is 13.2 Å². The first-order valence-corrected chi connectivity index (χ1v) is 8.45. The number of hydrogen-bond acceptors (Lipinski definition) is 5. The van der Waals surface area contributed by atoms with Gasteiger partial charge in [-0.25, -0.2) is 13.4 Å². The second kappa shape index (κ2) is 6.17. The minimum atomic E-state index is -3.73. The van der Waals surface area contributed by atoms with Crippen molar-refractivity contribution in [2.75, 3.05) is 7.11 Å². The monoisotopic (exact) mass is 392 g/mol.